The van der Waals surface area contributed by atoms with E-state index in [1.807, 2.05) is 12.4 Å². The number of likely N-dealkylation sites (tertiary alicyclic amines) is 1. The molecule has 0 spiro atoms. The molecule has 0 aromatic carbocycles. The first-order valence-electron chi connectivity index (χ1n) is 6.98. The van der Waals surface area contributed by atoms with Gasteiger partial charge in [0.25, 0.3) is 0 Å². The van der Waals surface area contributed by atoms with Gasteiger partial charge in [-0.25, -0.2) is 0 Å². The quantitative estimate of drug-likeness (QED) is 0.896. The monoisotopic (exact) mass is 282 g/mol. The standard InChI is InChI=1S/C14H22N4.ClH/c1-4-15-5-2-13(1)11-17-8-3-14(12-17)18-9-6-16-7-10-18;/h1-2,4-5,14,16H,3,6-12H2;1H. The highest BCUT2D eigenvalue weighted by Gasteiger charge is 2.28. The second kappa shape index (κ2) is 7.20. The van der Waals surface area contributed by atoms with Gasteiger partial charge in [-0.15, -0.1) is 12.4 Å². The van der Waals surface area contributed by atoms with Crippen molar-refractivity contribution in [1.29, 1.82) is 0 Å². The van der Waals surface area contributed by atoms with Crippen LogP contribution in [0.15, 0.2) is 24.5 Å². The van der Waals surface area contributed by atoms with E-state index in [4.69, 9.17) is 0 Å². The first kappa shape index (κ1) is 14.7. The highest BCUT2D eigenvalue weighted by molar-refractivity contribution is 5.85. The van der Waals surface area contributed by atoms with Gasteiger partial charge >= 0.3 is 0 Å². The number of nitrogens with one attached hydrogen (secondary N) is 1. The van der Waals surface area contributed by atoms with E-state index < -0.39 is 0 Å². The number of hydrogen-bond acceptors (Lipinski definition) is 4. The Kier molecular flexibility index (Phi) is 5.58. The molecule has 1 N–H and O–H groups in total. The maximum atomic E-state index is 4.07. The number of halogens is 1. The molecule has 106 valence electrons. The summed E-state index contributed by atoms with van der Waals surface area (Å²) in [6.45, 7) is 8.27. The fraction of sp³-hybridized carbons (Fsp3) is 0.643. The van der Waals surface area contributed by atoms with E-state index in [0.717, 1.165) is 25.7 Å². The number of rotatable bonds is 3. The van der Waals surface area contributed by atoms with Crippen LogP contribution >= 0.6 is 12.4 Å². The largest absolute Gasteiger partial charge is 0.314 e. The molecule has 0 bridgehead atoms. The average Bonchev–Trinajstić information content (AvgIpc) is 2.89. The van der Waals surface area contributed by atoms with Gasteiger partial charge in [-0.2, -0.15) is 0 Å². The molecule has 0 radical (unpaired) electrons. The zero-order valence-corrected chi connectivity index (χ0v) is 12.1. The molecule has 3 rings (SSSR count). The second-order valence-corrected chi connectivity index (χ2v) is 5.32. The fourth-order valence-corrected chi connectivity index (χ4v) is 3.05. The number of nitrogens with zero attached hydrogens (tertiary/aromatic N) is 3. The Balaban J connectivity index is 0.00000133. The third-order valence-corrected chi connectivity index (χ3v) is 4.07. The third kappa shape index (κ3) is 3.89. The molecular formula is C14H23ClN4. The van der Waals surface area contributed by atoms with Gasteiger partial charge < -0.3 is 5.32 Å². The van der Waals surface area contributed by atoms with E-state index in [0.29, 0.717) is 0 Å². The van der Waals surface area contributed by atoms with Crippen LogP contribution in [-0.2, 0) is 6.54 Å². The molecule has 2 fully saturated rings. The van der Waals surface area contributed by atoms with E-state index in [-0.39, 0.29) is 12.4 Å². The zero-order chi connectivity index (χ0) is 12.2. The zero-order valence-electron chi connectivity index (χ0n) is 11.3. The van der Waals surface area contributed by atoms with Crippen LogP contribution in [0.2, 0.25) is 0 Å². The molecule has 5 heteroatoms. The number of hydrogen-bond donors (Lipinski definition) is 1. The van der Waals surface area contributed by atoms with Gasteiger partial charge in [0.1, 0.15) is 0 Å². The highest BCUT2D eigenvalue weighted by Crippen LogP contribution is 2.18. The summed E-state index contributed by atoms with van der Waals surface area (Å²) in [7, 11) is 0. The van der Waals surface area contributed by atoms with Crippen LogP contribution in [0.3, 0.4) is 0 Å². The molecule has 3 heterocycles. The van der Waals surface area contributed by atoms with Crippen molar-refractivity contribution in [3.05, 3.63) is 30.1 Å². The van der Waals surface area contributed by atoms with Crippen molar-refractivity contribution in [2.45, 2.75) is 19.0 Å². The van der Waals surface area contributed by atoms with Gasteiger partial charge in [0.05, 0.1) is 0 Å². The van der Waals surface area contributed by atoms with E-state index in [2.05, 4.69) is 32.2 Å². The lowest BCUT2D eigenvalue weighted by molar-refractivity contribution is 0.170. The number of piperazine rings is 1. The molecule has 1 atom stereocenters. The maximum absolute atomic E-state index is 4.07. The van der Waals surface area contributed by atoms with Gasteiger partial charge in [-0.1, -0.05) is 0 Å². The fourth-order valence-electron chi connectivity index (χ4n) is 3.05. The smallest absolute Gasteiger partial charge is 0.0271 e. The van der Waals surface area contributed by atoms with Crippen molar-refractivity contribution in [3.63, 3.8) is 0 Å². The Morgan fingerprint density at radius 2 is 1.89 bits per heavy atom. The minimum absolute atomic E-state index is 0. The molecule has 1 aromatic heterocycles. The van der Waals surface area contributed by atoms with Crippen molar-refractivity contribution in [2.24, 2.45) is 0 Å². The minimum atomic E-state index is 0. The summed E-state index contributed by atoms with van der Waals surface area (Å²) < 4.78 is 0. The summed E-state index contributed by atoms with van der Waals surface area (Å²) in [5.74, 6) is 0. The molecule has 2 saturated heterocycles. The molecule has 2 aliphatic rings. The van der Waals surface area contributed by atoms with E-state index >= 15 is 0 Å². The van der Waals surface area contributed by atoms with Crippen molar-refractivity contribution >= 4 is 12.4 Å². The molecule has 0 aliphatic carbocycles. The van der Waals surface area contributed by atoms with Crippen LogP contribution in [0.4, 0.5) is 0 Å². The average molecular weight is 283 g/mol. The SMILES string of the molecule is Cl.c1cc(CN2CCC(N3CCNCC3)C2)ccn1. The minimum Gasteiger partial charge on any atom is -0.314 e. The number of aromatic nitrogens is 1. The third-order valence-electron chi connectivity index (χ3n) is 4.07. The molecule has 4 nitrogen and oxygen atoms in total. The van der Waals surface area contributed by atoms with Crippen LogP contribution in [0, 0.1) is 0 Å². The molecule has 1 unspecified atom stereocenters. The Bertz CT molecular complexity index is 367. The Labute approximate surface area is 121 Å². The summed E-state index contributed by atoms with van der Waals surface area (Å²) in [5, 5.41) is 3.43. The maximum Gasteiger partial charge on any atom is 0.0271 e. The predicted molar refractivity (Wildman–Crippen MR) is 79.6 cm³/mol. The van der Waals surface area contributed by atoms with Gasteiger partial charge in [-0.05, 0) is 24.1 Å². The molecule has 2 aliphatic heterocycles. The van der Waals surface area contributed by atoms with Gasteiger partial charge in [0.2, 0.25) is 0 Å². The van der Waals surface area contributed by atoms with Gasteiger partial charge in [-0.3, -0.25) is 14.8 Å². The summed E-state index contributed by atoms with van der Waals surface area (Å²) in [4.78, 5) is 9.30. The van der Waals surface area contributed by atoms with Crippen LogP contribution in [-0.4, -0.2) is 60.1 Å². The second-order valence-electron chi connectivity index (χ2n) is 5.32. The first-order valence-corrected chi connectivity index (χ1v) is 6.98. The van der Waals surface area contributed by atoms with Crippen LogP contribution < -0.4 is 5.32 Å². The van der Waals surface area contributed by atoms with Crippen molar-refractivity contribution in [3.8, 4) is 0 Å². The van der Waals surface area contributed by atoms with E-state index in [1.54, 1.807) is 0 Å². The molecule has 0 saturated carbocycles. The van der Waals surface area contributed by atoms with Crippen LogP contribution in [0.5, 0.6) is 0 Å². The van der Waals surface area contributed by atoms with E-state index in [1.165, 1.54) is 38.2 Å². The summed E-state index contributed by atoms with van der Waals surface area (Å²) in [6, 6.07) is 5.02. The summed E-state index contributed by atoms with van der Waals surface area (Å²) in [5.41, 5.74) is 1.38. The predicted octanol–water partition coefficient (Wildman–Crippen LogP) is 0.983. The van der Waals surface area contributed by atoms with Gasteiger partial charge in [0, 0.05) is 64.2 Å². The Morgan fingerprint density at radius 3 is 2.63 bits per heavy atom. The Hall–Kier alpha value is -0.680. The molecule has 19 heavy (non-hydrogen) atoms. The van der Waals surface area contributed by atoms with Crippen LogP contribution in [0.1, 0.15) is 12.0 Å². The molecule has 0 amide bonds. The van der Waals surface area contributed by atoms with Crippen molar-refractivity contribution < 1.29 is 0 Å². The lowest BCUT2D eigenvalue weighted by atomic mass is 10.2. The normalized spacial score (nSPS) is 25.2. The van der Waals surface area contributed by atoms with Crippen LogP contribution in [0.25, 0.3) is 0 Å². The molecular weight excluding hydrogens is 260 g/mol. The lowest BCUT2D eigenvalue weighted by Crippen LogP contribution is -2.49. The molecule has 1 aromatic rings. The Morgan fingerprint density at radius 1 is 1.16 bits per heavy atom. The number of pyridine rings is 1. The summed E-state index contributed by atoms with van der Waals surface area (Å²) >= 11 is 0. The highest BCUT2D eigenvalue weighted by atomic mass is 35.5. The van der Waals surface area contributed by atoms with Crippen molar-refractivity contribution in [2.75, 3.05) is 39.3 Å². The van der Waals surface area contributed by atoms with E-state index in [9.17, 15) is 0 Å². The lowest BCUT2D eigenvalue weighted by Gasteiger charge is -2.32. The van der Waals surface area contributed by atoms with Crippen molar-refractivity contribution in [1.82, 2.24) is 20.1 Å². The topological polar surface area (TPSA) is 31.4 Å². The first-order chi connectivity index (χ1) is 8.92. The summed E-state index contributed by atoms with van der Waals surface area (Å²) in [6.07, 6.45) is 5.10. The van der Waals surface area contributed by atoms with Gasteiger partial charge in [0.15, 0.2) is 0 Å².